The Morgan fingerprint density at radius 2 is 1.72 bits per heavy atom. The zero-order valence-corrected chi connectivity index (χ0v) is 18.8. The molecule has 3 amide bonds. The molecule has 6 heteroatoms. The Kier molecular flexibility index (Phi) is 6.51. The van der Waals surface area contributed by atoms with Crippen LogP contribution < -0.4 is 10.1 Å². The fourth-order valence-electron chi connectivity index (χ4n) is 4.89. The molecule has 0 bridgehead atoms. The molecule has 170 valence electrons. The van der Waals surface area contributed by atoms with Crippen LogP contribution in [-0.4, -0.2) is 46.7 Å². The van der Waals surface area contributed by atoms with Crippen molar-refractivity contribution in [3.05, 3.63) is 65.7 Å². The standard InChI is InChI=1S/C26H32N2O4/c1-18(2)22-10-6-7-11-23(22)32-17-21(29)16-28-24(30)26(27-25(28)31)14-12-20(13-15-26)19-8-4-3-5-9-19/h3-11,18,20-21,29H,12-17H2,1-2H3,(H,27,31). The van der Waals surface area contributed by atoms with Crippen LogP contribution in [0.3, 0.4) is 0 Å². The Morgan fingerprint density at radius 3 is 2.41 bits per heavy atom. The minimum atomic E-state index is -0.958. The SMILES string of the molecule is CC(C)c1ccccc1OCC(O)CN1C(=O)NC2(CCC(c3ccccc3)CC2)C1=O. The van der Waals surface area contributed by atoms with E-state index in [1.165, 1.54) is 5.56 Å². The molecule has 1 unspecified atom stereocenters. The van der Waals surface area contributed by atoms with Crippen LogP contribution in [0, 0.1) is 0 Å². The average molecular weight is 437 g/mol. The summed E-state index contributed by atoms with van der Waals surface area (Å²) in [5.74, 6) is 1.19. The Morgan fingerprint density at radius 1 is 1.06 bits per heavy atom. The summed E-state index contributed by atoms with van der Waals surface area (Å²) >= 11 is 0. The van der Waals surface area contributed by atoms with Gasteiger partial charge >= 0.3 is 6.03 Å². The van der Waals surface area contributed by atoms with Crippen molar-refractivity contribution >= 4 is 11.9 Å². The maximum Gasteiger partial charge on any atom is 0.325 e. The lowest BCUT2D eigenvalue weighted by Crippen LogP contribution is -2.49. The molecule has 1 aliphatic carbocycles. The minimum absolute atomic E-state index is 0.0177. The molecule has 1 saturated carbocycles. The van der Waals surface area contributed by atoms with Gasteiger partial charge in [-0.3, -0.25) is 9.69 Å². The number of imide groups is 1. The van der Waals surface area contributed by atoms with Crippen LogP contribution in [0.2, 0.25) is 0 Å². The molecule has 6 nitrogen and oxygen atoms in total. The first-order valence-electron chi connectivity index (χ1n) is 11.5. The second-order valence-electron chi connectivity index (χ2n) is 9.27. The molecule has 1 saturated heterocycles. The van der Waals surface area contributed by atoms with E-state index >= 15 is 0 Å². The fraction of sp³-hybridized carbons (Fsp3) is 0.462. The van der Waals surface area contributed by atoms with E-state index in [-0.39, 0.29) is 19.1 Å². The van der Waals surface area contributed by atoms with Crippen LogP contribution in [0.5, 0.6) is 5.75 Å². The zero-order valence-electron chi connectivity index (χ0n) is 18.8. The van der Waals surface area contributed by atoms with Gasteiger partial charge in [0, 0.05) is 0 Å². The highest BCUT2D eigenvalue weighted by Gasteiger charge is 2.52. The molecule has 4 rings (SSSR count). The summed E-state index contributed by atoms with van der Waals surface area (Å²) in [5, 5.41) is 13.4. The van der Waals surface area contributed by atoms with Crippen LogP contribution in [0.15, 0.2) is 54.6 Å². The number of β-amino-alcohol motifs (C(OH)–C–C–N with tert-alkyl or cyclic N) is 1. The number of para-hydroxylation sites is 1. The maximum absolute atomic E-state index is 13.2. The highest BCUT2D eigenvalue weighted by Crippen LogP contribution is 2.40. The summed E-state index contributed by atoms with van der Waals surface area (Å²) in [7, 11) is 0. The number of urea groups is 1. The van der Waals surface area contributed by atoms with Crippen molar-refractivity contribution in [1.82, 2.24) is 10.2 Å². The fourth-order valence-corrected chi connectivity index (χ4v) is 4.89. The predicted octanol–water partition coefficient (Wildman–Crippen LogP) is 4.20. The number of ether oxygens (including phenoxy) is 1. The van der Waals surface area contributed by atoms with Crippen molar-refractivity contribution in [3.8, 4) is 5.75 Å². The number of carbonyl (C=O) groups is 2. The lowest BCUT2D eigenvalue weighted by Gasteiger charge is -2.35. The second-order valence-corrected chi connectivity index (χ2v) is 9.27. The predicted molar refractivity (Wildman–Crippen MR) is 123 cm³/mol. The van der Waals surface area contributed by atoms with Gasteiger partial charge in [0.05, 0.1) is 6.54 Å². The number of hydrogen-bond donors (Lipinski definition) is 2. The van der Waals surface area contributed by atoms with E-state index in [2.05, 4.69) is 31.3 Å². The summed E-state index contributed by atoms with van der Waals surface area (Å²) in [6, 6.07) is 17.6. The van der Waals surface area contributed by atoms with Gasteiger partial charge in [-0.2, -0.15) is 0 Å². The number of rotatable bonds is 7. The highest BCUT2D eigenvalue weighted by molar-refractivity contribution is 6.07. The summed E-state index contributed by atoms with van der Waals surface area (Å²) in [6.07, 6.45) is 1.97. The molecule has 1 spiro atoms. The van der Waals surface area contributed by atoms with Gasteiger partial charge in [0.1, 0.15) is 24.0 Å². The molecular weight excluding hydrogens is 404 g/mol. The highest BCUT2D eigenvalue weighted by atomic mass is 16.5. The number of nitrogens with zero attached hydrogens (tertiary/aromatic N) is 1. The largest absolute Gasteiger partial charge is 0.491 e. The van der Waals surface area contributed by atoms with Crippen LogP contribution >= 0.6 is 0 Å². The Bertz CT molecular complexity index is 951. The first kappa shape index (κ1) is 22.3. The van der Waals surface area contributed by atoms with E-state index in [0.717, 1.165) is 29.1 Å². The van der Waals surface area contributed by atoms with Crippen LogP contribution in [-0.2, 0) is 4.79 Å². The maximum atomic E-state index is 13.2. The van der Waals surface area contributed by atoms with Crippen LogP contribution in [0.1, 0.15) is 62.5 Å². The number of amides is 3. The summed E-state index contributed by atoms with van der Waals surface area (Å²) < 4.78 is 5.82. The zero-order chi connectivity index (χ0) is 22.7. The third-order valence-electron chi connectivity index (χ3n) is 6.72. The number of aliphatic hydroxyl groups is 1. The average Bonchev–Trinajstić information content (AvgIpc) is 3.03. The Balaban J connectivity index is 1.34. The van der Waals surface area contributed by atoms with Crippen molar-refractivity contribution in [3.63, 3.8) is 0 Å². The van der Waals surface area contributed by atoms with Crippen molar-refractivity contribution in [1.29, 1.82) is 0 Å². The third kappa shape index (κ3) is 4.51. The first-order valence-corrected chi connectivity index (χ1v) is 11.5. The molecule has 2 aromatic carbocycles. The number of nitrogens with one attached hydrogen (secondary N) is 1. The molecule has 32 heavy (non-hydrogen) atoms. The van der Waals surface area contributed by atoms with E-state index in [1.54, 1.807) is 0 Å². The molecule has 2 fully saturated rings. The second kappa shape index (κ2) is 9.33. The van der Waals surface area contributed by atoms with Gasteiger partial charge in [0.25, 0.3) is 5.91 Å². The monoisotopic (exact) mass is 436 g/mol. The molecule has 2 aromatic rings. The quantitative estimate of drug-likeness (QED) is 0.638. The van der Waals surface area contributed by atoms with E-state index in [4.69, 9.17) is 4.74 Å². The Hall–Kier alpha value is -2.86. The van der Waals surface area contributed by atoms with Crippen LogP contribution in [0.4, 0.5) is 4.79 Å². The molecule has 2 aliphatic rings. The number of benzene rings is 2. The number of aliphatic hydroxyl groups excluding tert-OH is 1. The summed E-state index contributed by atoms with van der Waals surface area (Å²) in [6.45, 7) is 4.11. The molecule has 1 aliphatic heterocycles. The van der Waals surface area contributed by atoms with Gasteiger partial charge in [-0.05, 0) is 54.7 Å². The van der Waals surface area contributed by atoms with Crippen molar-refractivity contribution in [2.45, 2.75) is 63.0 Å². The van der Waals surface area contributed by atoms with Crippen molar-refractivity contribution in [2.75, 3.05) is 13.2 Å². The van der Waals surface area contributed by atoms with Gasteiger partial charge in [-0.15, -0.1) is 0 Å². The summed E-state index contributed by atoms with van der Waals surface area (Å²) in [5.41, 5.74) is 1.50. The third-order valence-corrected chi connectivity index (χ3v) is 6.72. The lowest BCUT2D eigenvalue weighted by molar-refractivity contribution is -0.133. The van der Waals surface area contributed by atoms with E-state index in [1.807, 2.05) is 42.5 Å². The Labute approximate surface area is 189 Å². The van der Waals surface area contributed by atoms with E-state index in [0.29, 0.717) is 24.7 Å². The molecule has 0 radical (unpaired) electrons. The number of carbonyl (C=O) groups excluding carboxylic acids is 2. The summed E-state index contributed by atoms with van der Waals surface area (Å²) in [4.78, 5) is 26.9. The van der Waals surface area contributed by atoms with Crippen LogP contribution in [0.25, 0.3) is 0 Å². The molecular formula is C26H32N2O4. The van der Waals surface area contributed by atoms with Gasteiger partial charge < -0.3 is 15.2 Å². The van der Waals surface area contributed by atoms with Gasteiger partial charge in [-0.1, -0.05) is 62.4 Å². The lowest BCUT2D eigenvalue weighted by atomic mass is 9.74. The number of hydrogen-bond acceptors (Lipinski definition) is 4. The minimum Gasteiger partial charge on any atom is -0.491 e. The van der Waals surface area contributed by atoms with E-state index < -0.39 is 17.7 Å². The topological polar surface area (TPSA) is 78.9 Å². The van der Waals surface area contributed by atoms with Crippen molar-refractivity contribution in [2.24, 2.45) is 0 Å². The molecule has 2 N–H and O–H groups in total. The van der Waals surface area contributed by atoms with Crippen molar-refractivity contribution < 1.29 is 19.4 Å². The van der Waals surface area contributed by atoms with E-state index in [9.17, 15) is 14.7 Å². The van der Waals surface area contributed by atoms with Gasteiger partial charge in [0.15, 0.2) is 0 Å². The smallest absolute Gasteiger partial charge is 0.325 e. The molecule has 1 atom stereocenters. The normalized spacial score (nSPS) is 24.1. The molecule has 0 aromatic heterocycles. The first-order chi connectivity index (χ1) is 15.4. The molecule has 1 heterocycles. The van der Waals surface area contributed by atoms with Gasteiger partial charge in [-0.25, -0.2) is 4.79 Å². The van der Waals surface area contributed by atoms with Gasteiger partial charge in [0.2, 0.25) is 0 Å².